The van der Waals surface area contributed by atoms with Crippen molar-refractivity contribution in [2.45, 2.75) is 19.5 Å². The fourth-order valence-corrected chi connectivity index (χ4v) is 1.14. The molecule has 0 aliphatic heterocycles. The molecule has 98 valence electrons. The molecule has 0 radical (unpaired) electrons. The fraction of sp³-hybridized carbons (Fsp3) is 1.00. The molecule has 0 aromatic heterocycles. The topological polar surface area (TPSA) is 30.5 Å². The van der Waals surface area contributed by atoms with Crippen LogP contribution in [0.4, 0.5) is 13.2 Å². The first-order valence-corrected chi connectivity index (χ1v) is 5.33. The van der Waals surface area contributed by atoms with Crippen molar-refractivity contribution in [2.75, 3.05) is 40.0 Å². The number of rotatable bonds is 9. The van der Waals surface area contributed by atoms with E-state index in [4.69, 9.17) is 4.74 Å². The van der Waals surface area contributed by atoms with Crippen LogP contribution in [0.3, 0.4) is 0 Å². The number of alkyl halides is 3. The first kappa shape index (κ1) is 15.7. The van der Waals surface area contributed by atoms with E-state index in [9.17, 15) is 13.2 Å². The average molecular weight is 243 g/mol. The van der Waals surface area contributed by atoms with Gasteiger partial charge in [-0.05, 0) is 12.3 Å². The molecular formula is C10H20F3NO2. The van der Waals surface area contributed by atoms with Gasteiger partial charge in [0.25, 0.3) is 0 Å². The first-order chi connectivity index (χ1) is 7.49. The zero-order chi connectivity index (χ0) is 12.4. The third kappa shape index (κ3) is 10.2. The number of methoxy groups -OCH3 is 1. The van der Waals surface area contributed by atoms with Crippen LogP contribution in [0.25, 0.3) is 0 Å². The maximum absolute atomic E-state index is 11.8. The Morgan fingerprint density at radius 1 is 1.31 bits per heavy atom. The van der Waals surface area contributed by atoms with E-state index in [0.717, 1.165) is 6.42 Å². The largest absolute Gasteiger partial charge is 0.411 e. The molecule has 0 aromatic rings. The molecule has 0 fully saturated rings. The van der Waals surface area contributed by atoms with Gasteiger partial charge in [0.05, 0.1) is 13.2 Å². The van der Waals surface area contributed by atoms with Crippen LogP contribution in [0.2, 0.25) is 0 Å². The summed E-state index contributed by atoms with van der Waals surface area (Å²) in [4.78, 5) is 0. The Morgan fingerprint density at radius 3 is 2.50 bits per heavy atom. The summed E-state index contributed by atoms with van der Waals surface area (Å²) in [5.74, 6) is 0.110. The highest BCUT2D eigenvalue weighted by atomic mass is 19.4. The fourth-order valence-electron chi connectivity index (χ4n) is 1.14. The molecule has 1 atom stereocenters. The molecule has 1 unspecified atom stereocenters. The third-order valence-corrected chi connectivity index (χ3v) is 2.11. The van der Waals surface area contributed by atoms with E-state index in [0.29, 0.717) is 19.7 Å². The van der Waals surface area contributed by atoms with Gasteiger partial charge in [0.2, 0.25) is 0 Å². The van der Waals surface area contributed by atoms with Crippen molar-refractivity contribution in [3.05, 3.63) is 0 Å². The van der Waals surface area contributed by atoms with Gasteiger partial charge in [-0.1, -0.05) is 6.92 Å². The lowest BCUT2D eigenvalue weighted by atomic mass is 10.1. The third-order valence-electron chi connectivity index (χ3n) is 2.11. The zero-order valence-corrected chi connectivity index (χ0v) is 9.77. The van der Waals surface area contributed by atoms with E-state index in [1.54, 1.807) is 7.11 Å². The zero-order valence-electron chi connectivity index (χ0n) is 9.77. The minimum absolute atomic E-state index is 0.110. The summed E-state index contributed by atoms with van der Waals surface area (Å²) >= 11 is 0. The molecule has 0 heterocycles. The molecule has 6 heteroatoms. The highest BCUT2D eigenvalue weighted by Crippen LogP contribution is 2.15. The van der Waals surface area contributed by atoms with E-state index in [1.165, 1.54) is 0 Å². The molecule has 16 heavy (non-hydrogen) atoms. The van der Waals surface area contributed by atoms with Crippen molar-refractivity contribution >= 4 is 0 Å². The van der Waals surface area contributed by atoms with Gasteiger partial charge in [0.15, 0.2) is 0 Å². The van der Waals surface area contributed by atoms with Crippen LogP contribution >= 0.6 is 0 Å². The van der Waals surface area contributed by atoms with E-state index < -0.39 is 12.8 Å². The Bertz CT molecular complexity index is 165. The van der Waals surface area contributed by atoms with E-state index in [1.807, 2.05) is 6.92 Å². The van der Waals surface area contributed by atoms with Gasteiger partial charge < -0.3 is 14.8 Å². The highest BCUT2D eigenvalue weighted by molar-refractivity contribution is 4.60. The van der Waals surface area contributed by atoms with Crippen LogP contribution in [0.5, 0.6) is 0 Å². The SMILES string of the molecule is CCC(CNCCOC)COCC(F)(F)F. The Balaban J connectivity index is 3.51. The van der Waals surface area contributed by atoms with Gasteiger partial charge in [-0.15, -0.1) is 0 Å². The second kappa shape index (κ2) is 8.78. The van der Waals surface area contributed by atoms with E-state index >= 15 is 0 Å². The molecule has 0 spiro atoms. The van der Waals surface area contributed by atoms with Crippen LogP contribution < -0.4 is 5.32 Å². The number of hydrogen-bond acceptors (Lipinski definition) is 3. The van der Waals surface area contributed by atoms with Crippen LogP contribution in [0, 0.1) is 5.92 Å². The summed E-state index contributed by atoms with van der Waals surface area (Å²) in [6.45, 7) is 2.85. The van der Waals surface area contributed by atoms with Crippen LogP contribution in [-0.2, 0) is 9.47 Å². The van der Waals surface area contributed by atoms with Crippen LogP contribution in [-0.4, -0.2) is 46.2 Å². The van der Waals surface area contributed by atoms with Gasteiger partial charge in [0.1, 0.15) is 6.61 Å². The quantitative estimate of drug-likeness (QED) is 0.627. The molecule has 0 saturated carbocycles. The standard InChI is InChI=1S/C10H20F3NO2/c1-3-9(6-14-4-5-15-2)7-16-8-10(11,12)13/h9,14H,3-8H2,1-2H3. The summed E-state index contributed by atoms with van der Waals surface area (Å²) in [5.41, 5.74) is 0. The second-order valence-electron chi connectivity index (χ2n) is 3.60. The number of ether oxygens (including phenoxy) is 2. The Morgan fingerprint density at radius 2 is 2.00 bits per heavy atom. The second-order valence-corrected chi connectivity index (χ2v) is 3.60. The number of halogens is 3. The van der Waals surface area contributed by atoms with Crippen molar-refractivity contribution in [3.8, 4) is 0 Å². The van der Waals surface area contributed by atoms with Crippen molar-refractivity contribution < 1.29 is 22.6 Å². The maximum atomic E-state index is 11.8. The minimum Gasteiger partial charge on any atom is -0.383 e. The Kier molecular flexibility index (Phi) is 8.60. The van der Waals surface area contributed by atoms with Gasteiger partial charge in [-0.25, -0.2) is 0 Å². The lowest BCUT2D eigenvalue weighted by Gasteiger charge is -2.16. The molecule has 0 aliphatic rings. The van der Waals surface area contributed by atoms with Crippen molar-refractivity contribution in [2.24, 2.45) is 5.92 Å². The number of hydrogen-bond donors (Lipinski definition) is 1. The van der Waals surface area contributed by atoms with Crippen molar-refractivity contribution in [1.29, 1.82) is 0 Å². The summed E-state index contributed by atoms with van der Waals surface area (Å²) in [6.07, 6.45) is -3.44. The molecule has 0 saturated heterocycles. The molecule has 3 nitrogen and oxygen atoms in total. The summed E-state index contributed by atoms with van der Waals surface area (Å²) in [6, 6.07) is 0. The highest BCUT2D eigenvalue weighted by Gasteiger charge is 2.27. The lowest BCUT2D eigenvalue weighted by Crippen LogP contribution is -2.29. The van der Waals surface area contributed by atoms with E-state index in [2.05, 4.69) is 10.1 Å². The van der Waals surface area contributed by atoms with E-state index in [-0.39, 0.29) is 12.5 Å². The lowest BCUT2D eigenvalue weighted by molar-refractivity contribution is -0.176. The smallest absolute Gasteiger partial charge is 0.383 e. The van der Waals surface area contributed by atoms with Gasteiger partial charge in [0, 0.05) is 20.2 Å². The Hall–Kier alpha value is -0.330. The monoisotopic (exact) mass is 243 g/mol. The van der Waals surface area contributed by atoms with Gasteiger partial charge in [-0.3, -0.25) is 0 Å². The predicted octanol–water partition coefficient (Wildman–Crippen LogP) is 1.83. The van der Waals surface area contributed by atoms with Crippen LogP contribution in [0.1, 0.15) is 13.3 Å². The van der Waals surface area contributed by atoms with Gasteiger partial charge >= 0.3 is 6.18 Å². The Labute approximate surface area is 94.3 Å². The molecule has 0 aromatic carbocycles. The normalized spacial score (nSPS) is 14.1. The molecule has 0 amide bonds. The summed E-state index contributed by atoms with van der Waals surface area (Å²) in [5, 5.41) is 3.10. The first-order valence-electron chi connectivity index (χ1n) is 5.33. The van der Waals surface area contributed by atoms with Crippen molar-refractivity contribution in [3.63, 3.8) is 0 Å². The molecule has 0 rings (SSSR count). The average Bonchev–Trinajstić information content (AvgIpc) is 2.20. The molecule has 0 aliphatic carbocycles. The predicted molar refractivity (Wildman–Crippen MR) is 55.4 cm³/mol. The number of nitrogens with one attached hydrogen (secondary N) is 1. The minimum atomic E-state index is -4.23. The van der Waals surface area contributed by atoms with Crippen LogP contribution in [0.15, 0.2) is 0 Å². The van der Waals surface area contributed by atoms with Gasteiger partial charge in [-0.2, -0.15) is 13.2 Å². The van der Waals surface area contributed by atoms with Crippen molar-refractivity contribution in [1.82, 2.24) is 5.32 Å². The molecule has 1 N–H and O–H groups in total. The maximum Gasteiger partial charge on any atom is 0.411 e. The summed E-state index contributed by atoms with van der Waals surface area (Å²) < 4.78 is 44.9. The summed E-state index contributed by atoms with van der Waals surface area (Å²) in [7, 11) is 1.60. The molecule has 0 bridgehead atoms. The molecular weight excluding hydrogens is 223 g/mol.